The van der Waals surface area contributed by atoms with Crippen LogP contribution in [0.2, 0.25) is 0 Å². The molecule has 0 bridgehead atoms. The van der Waals surface area contributed by atoms with Crippen molar-refractivity contribution in [1.82, 2.24) is 0 Å². The number of benzene rings is 1. The summed E-state index contributed by atoms with van der Waals surface area (Å²) in [4.78, 5) is 24.3. The molecule has 1 amide bonds. The Morgan fingerprint density at radius 1 is 1.41 bits per heavy atom. The monoisotopic (exact) mass is 229 g/mol. The summed E-state index contributed by atoms with van der Waals surface area (Å²) in [5, 5.41) is 0. The number of nitrogens with zero attached hydrogens (tertiary/aromatic N) is 1. The normalized spacial score (nSPS) is 18.4. The molecule has 0 fully saturated rings. The van der Waals surface area contributed by atoms with Crippen LogP contribution in [0.15, 0.2) is 30.3 Å². The lowest BCUT2D eigenvalue weighted by atomic mass is 9.94. The van der Waals surface area contributed by atoms with Crippen LogP contribution in [-0.4, -0.2) is 18.2 Å². The number of para-hydroxylation sites is 1. The molecule has 1 aliphatic rings. The minimum atomic E-state index is -0.475. The van der Waals surface area contributed by atoms with Crippen molar-refractivity contribution in [2.45, 2.75) is 26.3 Å². The second-order valence-corrected chi connectivity index (χ2v) is 4.08. The number of fused-ring (bicyclic) bond motifs is 1. The average Bonchev–Trinajstić information content (AvgIpc) is 2.36. The highest BCUT2D eigenvalue weighted by molar-refractivity contribution is 6.02. The molecule has 88 valence electrons. The number of aldehydes is 1. The molecule has 0 radical (unpaired) electrons. The van der Waals surface area contributed by atoms with E-state index in [1.54, 1.807) is 4.90 Å². The predicted molar refractivity (Wildman–Crippen MR) is 67.7 cm³/mol. The van der Waals surface area contributed by atoms with Gasteiger partial charge in [-0.2, -0.15) is 0 Å². The van der Waals surface area contributed by atoms with Crippen LogP contribution >= 0.6 is 0 Å². The van der Waals surface area contributed by atoms with E-state index in [0.29, 0.717) is 0 Å². The van der Waals surface area contributed by atoms with Crippen LogP contribution in [0.1, 0.15) is 25.8 Å². The molecule has 3 heteroatoms. The quantitative estimate of drug-likeness (QED) is 0.730. The van der Waals surface area contributed by atoms with E-state index in [9.17, 15) is 9.59 Å². The summed E-state index contributed by atoms with van der Waals surface area (Å²) in [5.74, 6) is -0.110. The highest BCUT2D eigenvalue weighted by atomic mass is 16.2. The molecule has 17 heavy (non-hydrogen) atoms. The van der Waals surface area contributed by atoms with E-state index in [0.717, 1.165) is 29.5 Å². The molecule has 1 aliphatic heterocycles. The number of carbonyl (C=O) groups is 2. The average molecular weight is 229 g/mol. The lowest BCUT2D eigenvalue weighted by Crippen LogP contribution is -2.41. The van der Waals surface area contributed by atoms with E-state index in [4.69, 9.17) is 0 Å². The SMILES string of the molecule is CCC1=CC(C=O)N(C(C)=O)c2ccccc21. The van der Waals surface area contributed by atoms with Crippen LogP contribution in [-0.2, 0) is 9.59 Å². The lowest BCUT2D eigenvalue weighted by Gasteiger charge is -2.32. The zero-order valence-corrected chi connectivity index (χ0v) is 10.0. The van der Waals surface area contributed by atoms with E-state index < -0.39 is 6.04 Å². The Bertz CT molecular complexity index is 491. The summed E-state index contributed by atoms with van der Waals surface area (Å²) in [6.45, 7) is 3.53. The molecule has 1 aromatic carbocycles. The molecule has 0 saturated carbocycles. The van der Waals surface area contributed by atoms with Gasteiger partial charge in [-0.05, 0) is 18.1 Å². The third-order valence-electron chi connectivity index (χ3n) is 3.04. The smallest absolute Gasteiger partial charge is 0.224 e. The zero-order chi connectivity index (χ0) is 12.4. The molecule has 0 saturated heterocycles. The Hall–Kier alpha value is -1.90. The highest BCUT2D eigenvalue weighted by Crippen LogP contribution is 2.35. The Balaban J connectivity index is 2.61. The van der Waals surface area contributed by atoms with Crippen molar-refractivity contribution in [1.29, 1.82) is 0 Å². The minimum Gasteiger partial charge on any atom is -0.301 e. The molecule has 3 nitrogen and oxygen atoms in total. The van der Waals surface area contributed by atoms with Gasteiger partial charge in [-0.25, -0.2) is 0 Å². The third-order valence-corrected chi connectivity index (χ3v) is 3.04. The van der Waals surface area contributed by atoms with Gasteiger partial charge < -0.3 is 4.79 Å². The largest absolute Gasteiger partial charge is 0.301 e. The van der Waals surface area contributed by atoms with Crippen LogP contribution in [0.5, 0.6) is 0 Å². The van der Waals surface area contributed by atoms with Crippen molar-refractivity contribution in [2.24, 2.45) is 0 Å². The van der Waals surface area contributed by atoms with Crippen LogP contribution in [0.25, 0.3) is 5.57 Å². The topological polar surface area (TPSA) is 37.4 Å². The summed E-state index contributed by atoms with van der Waals surface area (Å²) in [6.07, 6.45) is 3.54. The number of hydrogen-bond acceptors (Lipinski definition) is 2. The Morgan fingerprint density at radius 2 is 2.12 bits per heavy atom. The lowest BCUT2D eigenvalue weighted by molar-refractivity contribution is -0.118. The van der Waals surface area contributed by atoms with Crippen LogP contribution in [0, 0.1) is 0 Å². The van der Waals surface area contributed by atoms with Gasteiger partial charge in [0.05, 0.1) is 5.69 Å². The molecule has 0 N–H and O–H groups in total. The second kappa shape index (κ2) is 4.53. The molecular formula is C14H15NO2. The van der Waals surface area contributed by atoms with Crippen molar-refractivity contribution in [3.05, 3.63) is 35.9 Å². The summed E-state index contributed by atoms with van der Waals surface area (Å²) in [7, 11) is 0. The van der Waals surface area contributed by atoms with Crippen molar-refractivity contribution < 1.29 is 9.59 Å². The number of allylic oxidation sites excluding steroid dienone is 1. The van der Waals surface area contributed by atoms with Gasteiger partial charge in [0, 0.05) is 12.5 Å². The molecule has 1 unspecified atom stereocenters. The van der Waals surface area contributed by atoms with Gasteiger partial charge >= 0.3 is 0 Å². The van der Waals surface area contributed by atoms with Crippen LogP contribution < -0.4 is 4.90 Å². The first-order valence-corrected chi connectivity index (χ1v) is 5.74. The van der Waals surface area contributed by atoms with Gasteiger partial charge in [-0.15, -0.1) is 0 Å². The van der Waals surface area contributed by atoms with Crippen LogP contribution in [0.4, 0.5) is 5.69 Å². The molecule has 0 spiro atoms. The summed E-state index contributed by atoms with van der Waals surface area (Å²) < 4.78 is 0. The van der Waals surface area contributed by atoms with E-state index in [1.165, 1.54) is 6.92 Å². The van der Waals surface area contributed by atoms with E-state index in [2.05, 4.69) is 0 Å². The fourth-order valence-electron chi connectivity index (χ4n) is 2.27. The first-order valence-electron chi connectivity index (χ1n) is 5.74. The number of anilines is 1. The minimum absolute atomic E-state index is 0.110. The molecule has 0 aromatic heterocycles. The van der Waals surface area contributed by atoms with Gasteiger partial charge in [0.15, 0.2) is 0 Å². The number of amides is 1. The summed E-state index contributed by atoms with van der Waals surface area (Å²) in [5.41, 5.74) is 3.00. The van der Waals surface area contributed by atoms with Crippen molar-refractivity contribution in [2.75, 3.05) is 4.90 Å². The fourth-order valence-corrected chi connectivity index (χ4v) is 2.27. The van der Waals surface area contributed by atoms with Crippen molar-refractivity contribution >= 4 is 23.5 Å². The first-order chi connectivity index (χ1) is 8.19. The molecule has 1 heterocycles. The van der Waals surface area contributed by atoms with E-state index >= 15 is 0 Å². The first kappa shape index (κ1) is 11.6. The summed E-state index contributed by atoms with van der Waals surface area (Å²) in [6, 6.07) is 7.23. The highest BCUT2D eigenvalue weighted by Gasteiger charge is 2.27. The van der Waals surface area contributed by atoms with Crippen LogP contribution in [0.3, 0.4) is 0 Å². The number of carbonyl (C=O) groups excluding carboxylic acids is 2. The number of rotatable bonds is 2. The molecule has 1 aromatic rings. The Labute approximate surface area is 101 Å². The van der Waals surface area contributed by atoms with Gasteiger partial charge in [0.25, 0.3) is 0 Å². The molecule has 1 atom stereocenters. The second-order valence-electron chi connectivity index (χ2n) is 4.08. The maximum atomic E-state index is 11.7. The fraction of sp³-hybridized carbons (Fsp3) is 0.286. The molecular weight excluding hydrogens is 214 g/mol. The van der Waals surface area contributed by atoms with E-state index in [-0.39, 0.29) is 5.91 Å². The molecule has 2 rings (SSSR count). The van der Waals surface area contributed by atoms with Gasteiger partial charge in [-0.3, -0.25) is 9.69 Å². The van der Waals surface area contributed by atoms with E-state index in [1.807, 2.05) is 37.3 Å². The molecule has 0 aliphatic carbocycles. The zero-order valence-electron chi connectivity index (χ0n) is 10.0. The van der Waals surface area contributed by atoms with Crippen molar-refractivity contribution in [3.63, 3.8) is 0 Å². The Morgan fingerprint density at radius 3 is 2.71 bits per heavy atom. The van der Waals surface area contributed by atoms with Gasteiger partial charge in [0.2, 0.25) is 5.91 Å². The van der Waals surface area contributed by atoms with Crippen molar-refractivity contribution in [3.8, 4) is 0 Å². The van der Waals surface area contributed by atoms with Gasteiger partial charge in [0.1, 0.15) is 12.3 Å². The third kappa shape index (κ3) is 1.88. The Kier molecular flexibility index (Phi) is 3.09. The standard InChI is InChI=1S/C14H15NO2/c1-3-11-8-12(9-16)15(10(2)17)14-7-5-4-6-13(11)14/h4-9,12H,3H2,1-2H3. The predicted octanol–water partition coefficient (Wildman–Crippen LogP) is 2.41. The number of hydrogen-bond donors (Lipinski definition) is 0. The maximum Gasteiger partial charge on any atom is 0.224 e. The maximum absolute atomic E-state index is 11.7. The summed E-state index contributed by atoms with van der Waals surface area (Å²) >= 11 is 0. The van der Waals surface area contributed by atoms with Gasteiger partial charge in [-0.1, -0.05) is 31.2 Å².